The van der Waals surface area contributed by atoms with Crippen LogP contribution in [0.3, 0.4) is 0 Å². The van der Waals surface area contributed by atoms with E-state index >= 15 is 0 Å². The van der Waals surface area contributed by atoms with Gasteiger partial charge in [-0.3, -0.25) is 0 Å². The Morgan fingerprint density at radius 2 is 2.46 bits per heavy atom. The first-order chi connectivity index (χ1) is 6.29. The molecule has 2 atom stereocenters. The predicted octanol–water partition coefficient (Wildman–Crippen LogP) is 0.268. The Balaban J connectivity index is 2.44. The molecule has 2 unspecified atom stereocenters. The summed E-state index contributed by atoms with van der Waals surface area (Å²) in [6, 6.07) is 1.08. The lowest BCUT2D eigenvalue weighted by Crippen LogP contribution is -2.53. The quantitative estimate of drug-likeness (QED) is 0.710. The molecule has 0 aromatic carbocycles. The number of nitrogens with zero attached hydrogens (tertiary/aromatic N) is 1. The van der Waals surface area contributed by atoms with Crippen LogP contribution in [0.15, 0.2) is 0 Å². The highest BCUT2D eigenvalue weighted by Crippen LogP contribution is 2.17. The van der Waals surface area contributed by atoms with Crippen molar-refractivity contribution in [2.45, 2.75) is 12.1 Å². The summed E-state index contributed by atoms with van der Waals surface area (Å²) in [4.78, 5) is 2.43. The molecule has 0 aromatic heterocycles. The zero-order valence-corrected chi connectivity index (χ0v) is 9.56. The predicted molar refractivity (Wildman–Crippen MR) is 58.5 cm³/mol. The van der Waals surface area contributed by atoms with Gasteiger partial charge >= 0.3 is 0 Å². The molecule has 3 nitrogen and oxygen atoms in total. The van der Waals surface area contributed by atoms with Crippen molar-refractivity contribution in [3.63, 3.8) is 0 Å². The van der Waals surface area contributed by atoms with E-state index in [4.69, 9.17) is 4.74 Å². The van der Waals surface area contributed by atoms with E-state index in [0.29, 0.717) is 12.1 Å². The first-order valence-corrected chi connectivity index (χ1v) is 5.89. The van der Waals surface area contributed by atoms with Crippen LogP contribution in [0.2, 0.25) is 0 Å². The molecule has 1 saturated heterocycles. The molecule has 4 heteroatoms. The van der Waals surface area contributed by atoms with Crippen LogP contribution < -0.4 is 5.32 Å². The summed E-state index contributed by atoms with van der Waals surface area (Å²) >= 11 is 2.04. The maximum absolute atomic E-state index is 5.20. The Bertz CT molecular complexity index is 146. The minimum absolute atomic E-state index is 0.461. The monoisotopic (exact) mass is 204 g/mol. The van der Waals surface area contributed by atoms with Crippen molar-refractivity contribution in [3.8, 4) is 0 Å². The highest BCUT2D eigenvalue weighted by molar-refractivity contribution is 7.99. The summed E-state index contributed by atoms with van der Waals surface area (Å²) in [6.07, 6.45) is 0. The number of rotatable bonds is 4. The Kier molecular flexibility index (Phi) is 5.09. The van der Waals surface area contributed by atoms with E-state index in [1.807, 2.05) is 18.8 Å². The molecule has 0 aliphatic carbocycles. The fourth-order valence-electron chi connectivity index (χ4n) is 1.70. The van der Waals surface area contributed by atoms with Gasteiger partial charge in [-0.1, -0.05) is 0 Å². The average Bonchev–Trinajstić information content (AvgIpc) is 2.16. The highest BCUT2D eigenvalue weighted by atomic mass is 32.2. The first kappa shape index (κ1) is 11.3. The normalized spacial score (nSPS) is 27.5. The number of likely N-dealkylation sites (N-methyl/N-ethyl adjacent to an activating group) is 2. The van der Waals surface area contributed by atoms with E-state index < -0.39 is 0 Å². The van der Waals surface area contributed by atoms with Crippen molar-refractivity contribution in [1.82, 2.24) is 10.2 Å². The molecule has 0 amide bonds. The van der Waals surface area contributed by atoms with Gasteiger partial charge in [0.1, 0.15) is 0 Å². The van der Waals surface area contributed by atoms with E-state index in [9.17, 15) is 0 Å². The lowest BCUT2D eigenvalue weighted by Gasteiger charge is -2.37. The molecular weight excluding hydrogens is 184 g/mol. The van der Waals surface area contributed by atoms with E-state index in [1.165, 1.54) is 18.1 Å². The molecule has 13 heavy (non-hydrogen) atoms. The molecular formula is C9H20N2OS. The summed E-state index contributed by atoms with van der Waals surface area (Å²) in [7, 11) is 5.97. The third-order valence-corrected chi connectivity index (χ3v) is 3.67. The minimum atomic E-state index is 0.461. The van der Waals surface area contributed by atoms with Crippen LogP contribution >= 0.6 is 11.8 Å². The third kappa shape index (κ3) is 3.13. The van der Waals surface area contributed by atoms with Gasteiger partial charge in [0.05, 0.1) is 6.61 Å². The second-order valence-corrected chi connectivity index (χ2v) is 4.62. The maximum atomic E-state index is 5.20. The van der Waals surface area contributed by atoms with E-state index in [-0.39, 0.29) is 0 Å². The van der Waals surface area contributed by atoms with Crippen molar-refractivity contribution in [2.24, 2.45) is 0 Å². The maximum Gasteiger partial charge on any atom is 0.0631 e. The first-order valence-electron chi connectivity index (χ1n) is 4.73. The topological polar surface area (TPSA) is 24.5 Å². The Labute approximate surface area is 85.2 Å². The van der Waals surface area contributed by atoms with Crippen LogP contribution in [0.4, 0.5) is 0 Å². The minimum Gasteiger partial charge on any atom is -0.383 e. The zero-order valence-electron chi connectivity index (χ0n) is 8.75. The molecule has 78 valence electrons. The van der Waals surface area contributed by atoms with Crippen LogP contribution in [-0.2, 0) is 4.74 Å². The molecule has 1 aliphatic heterocycles. The third-order valence-electron chi connectivity index (χ3n) is 2.62. The lowest BCUT2D eigenvalue weighted by molar-refractivity contribution is 0.120. The molecule has 1 fully saturated rings. The number of methoxy groups -OCH3 is 1. The summed E-state index contributed by atoms with van der Waals surface area (Å²) in [5.74, 6) is 2.47. The largest absolute Gasteiger partial charge is 0.383 e. The molecule has 0 bridgehead atoms. The van der Waals surface area contributed by atoms with Crippen molar-refractivity contribution >= 4 is 11.8 Å². The zero-order chi connectivity index (χ0) is 9.68. The number of hydrogen-bond donors (Lipinski definition) is 1. The Hall–Kier alpha value is 0.230. The fraction of sp³-hybridized carbons (Fsp3) is 1.00. The van der Waals surface area contributed by atoms with Gasteiger partial charge in [-0.2, -0.15) is 11.8 Å². The number of hydrogen-bond acceptors (Lipinski definition) is 4. The van der Waals surface area contributed by atoms with Gasteiger partial charge in [0, 0.05) is 37.2 Å². The summed E-state index contributed by atoms with van der Waals surface area (Å²) in [5, 5.41) is 3.32. The van der Waals surface area contributed by atoms with Gasteiger partial charge in [0.2, 0.25) is 0 Å². The van der Waals surface area contributed by atoms with E-state index in [0.717, 1.165) is 6.61 Å². The molecule has 0 radical (unpaired) electrons. The molecule has 1 aliphatic rings. The van der Waals surface area contributed by atoms with Gasteiger partial charge in [0.25, 0.3) is 0 Å². The van der Waals surface area contributed by atoms with E-state index in [2.05, 4.69) is 17.3 Å². The van der Waals surface area contributed by atoms with Crippen LogP contribution in [-0.4, -0.2) is 62.8 Å². The summed E-state index contributed by atoms with van der Waals surface area (Å²) in [6.45, 7) is 1.99. The molecule has 1 heterocycles. The highest BCUT2D eigenvalue weighted by Gasteiger charge is 2.26. The smallest absolute Gasteiger partial charge is 0.0631 e. The van der Waals surface area contributed by atoms with Gasteiger partial charge in [-0.15, -0.1) is 0 Å². The van der Waals surface area contributed by atoms with Gasteiger partial charge < -0.3 is 15.0 Å². The van der Waals surface area contributed by atoms with Gasteiger partial charge in [-0.05, 0) is 14.1 Å². The van der Waals surface area contributed by atoms with Gasteiger partial charge in [0.15, 0.2) is 0 Å². The SMILES string of the molecule is CNC(COC)C1CSCCN1C. The van der Waals surface area contributed by atoms with Gasteiger partial charge in [-0.25, -0.2) is 0 Å². The second-order valence-electron chi connectivity index (χ2n) is 3.47. The van der Waals surface area contributed by atoms with Crippen molar-refractivity contribution < 1.29 is 4.74 Å². The van der Waals surface area contributed by atoms with Crippen molar-refractivity contribution in [3.05, 3.63) is 0 Å². The summed E-state index contributed by atoms with van der Waals surface area (Å²) < 4.78 is 5.20. The number of nitrogens with one attached hydrogen (secondary N) is 1. The van der Waals surface area contributed by atoms with Crippen LogP contribution in [0.5, 0.6) is 0 Å². The lowest BCUT2D eigenvalue weighted by atomic mass is 10.1. The molecule has 1 N–H and O–H groups in total. The Morgan fingerprint density at radius 3 is 3.00 bits per heavy atom. The molecule has 0 saturated carbocycles. The fourth-order valence-corrected chi connectivity index (χ4v) is 3.01. The van der Waals surface area contributed by atoms with Crippen LogP contribution in [0, 0.1) is 0 Å². The van der Waals surface area contributed by atoms with E-state index in [1.54, 1.807) is 7.11 Å². The van der Waals surface area contributed by atoms with Crippen molar-refractivity contribution in [1.29, 1.82) is 0 Å². The average molecular weight is 204 g/mol. The molecule has 0 aromatic rings. The Morgan fingerprint density at radius 1 is 1.69 bits per heavy atom. The second kappa shape index (κ2) is 5.86. The van der Waals surface area contributed by atoms with Crippen LogP contribution in [0.25, 0.3) is 0 Å². The number of thioether (sulfide) groups is 1. The van der Waals surface area contributed by atoms with Crippen LogP contribution in [0.1, 0.15) is 0 Å². The number of ether oxygens (including phenoxy) is 1. The molecule has 0 spiro atoms. The molecule has 1 rings (SSSR count). The van der Waals surface area contributed by atoms with Crippen molar-refractivity contribution in [2.75, 3.05) is 45.9 Å². The standard InChI is InChI=1S/C9H20N2OS/c1-10-8(6-12-3)9-7-13-5-4-11(9)2/h8-10H,4-7H2,1-3H3. The summed E-state index contributed by atoms with van der Waals surface area (Å²) in [5.41, 5.74) is 0.